The van der Waals surface area contributed by atoms with Crippen LogP contribution in [-0.4, -0.2) is 31.1 Å². The van der Waals surface area contributed by atoms with E-state index in [4.69, 9.17) is 0 Å². The van der Waals surface area contributed by atoms with Crippen molar-refractivity contribution in [2.75, 3.05) is 5.75 Å². The standard InChI is InChI=1S/C16H16N2O3S/c1-10-3-4-13-14(8-11(2)17-15(13)7-10)16(19)18-12-5-6-22(20,21)9-12/h3-8,12H,9H2,1-2H3,(H,18,19)/t12-/m0/s1. The third-order valence-electron chi connectivity index (χ3n) is 3.58. The van der Waals surface area contributed by atoms with Crippen molar-refractivity contribution in [2.45, 2.75) is 19.9 Å². The molecule has 1 aliphatic heterocycles. The molecule has 0 bridgehead atoms. The van der Waals surface area contributed by atoms with Crippen molar-refractivity contribution in [2.24, 2.45) is 0 Å². The molecule has 0 saturated carbocycles. The van der Waals surface area contributed by atoms with Crippen LogP contribution in [0.1, 0.15) is 21.6 Å². The fourth-order valence-electron chi connectivity index (χ4n) is 2.57. The first kappa shape index (κ1) is 14.7. The summed E-state index contributed by atoms with van der Waals surface area (Å²) < 4.78 is 22.8. The minimum absolute atomic E-state index is 0.0835. The molecule has 1 N–H and O–H groups in total. The third-order valence-corrected chi connectivity index (χ3v) is 4.98. The van der Waals surface area contributed by atoms with Crippen molar-refractivity contribution in [1.29, 1.82) is 0 Å². The Morgan fingerprint density at radius 2 is 2.05 bits per heavy atom. The summed E-state index contributed by atoms with van der Waals surface area (Å²) in [6, 6.07) is 6.97. The van der Waals surface area contributed by atoms with Crippen molar-refractivity contribution in [3.05, 3.63) is 52.6 Å². The van der Waals surface area contributed by atoms with Gasteiger partial charge in [0.2, 0.25) is 0 Å². The van der Waals surface area contributed by atoms with E-state index in [2.05, 4.69) is 10.3 Å². The van der Waals surface area contributed by atoms with Gasteiger partial charge in [-0.25, -0.2) is 8.42 Å². The Balaban J connectivity index is 1.96. The lowest BCUT2D eigenvalue weighted by Crippen LogP contribution is -2.35. The first-order valence-electron chi connectivity index (χ1n) is 6.94. The normalized spacial score (nSPS) is 19.5. The van der Waals surface area contributed by atoms with Gasteiger partial charge in [0.1, 0.15) is 0 Å². The molecule has 1 amide bonds. The van der Waals surface area contributed by atoms with E-state index >= 15 is 0 Å². The number of nitrogens with zero attached hydrogens (tertiary/aromatic N) is 1. The molecule has 2 heterocycles. The van der Waals surface area contributed by atoms with Gasteiger partial charge in [-0.2, -0.15) is 0 Å². The second kappa shape index (κ2) is 5.21. The van der Waals surface area contributed by atoms with E-state index in [1.807, 2.05) is 32.0 Å². The molecule has 3 rings (SSSR count). The van der Waals surface area contributed by atoms with Gasteiger partial charge in [-0.05, 0) is 37.6 Å². The molecular weight excluding hydrogens is 300 g/mol. The maximum Gasteiger partial charge on any atom is 0.252 e. The highest BCUT2D eigenvalue weighted by Gasteiger charge is 2.24. The third kappa shape index (κ3) is 2.87. The van der Waals surface area contributed by atoms with Gasteiger partial charge in [-0.3, -0.25) is 9.78 Å². The van der Waals surface area contributed by atoms with Gasteiger partial charge >= 0.3 is 0 Å². The van der Waals surface area contributed by atoms with E-state index < -0.39 is 15.9 Å². The minimum atomic E-state index is -3.19. The number of fused-ring (bicyclic) bond motifs is 1. The van der Waals surface area contributed by atoms with Gasteiger partial charge in [0.25, 0.3) is 5.91 Å². The molecule has 1 aliphatic rings. The highest BCUT2D eigenvalue weighted by molar-refractivity contribution is 7.94. The molecule has 0 fully saturated rings. The molecule has 114 valence electrons. The lowest BCUT2D eigenvalue weighted by Gasteiger charge is -2.12. The van der Waals surface area contributed by atoms with Gasteiger partial charge in [0.05, 0.1) is 22.9 Å². The Bertz CT molecular complexity index is 896. The SMILES string of the molecule is Cc1ccc2c(C(=O)N[C@H]3C=CS(=O)(=O)C3)cc(C)nc2c1. The number of rotatable bonds is 2. The summed E-state index contributed by atoms with van der Waals surface area (Å²) in [4.78, 5) is 16.9. The first-order valence-corrected chi connectivity index (χ1v) is 8.65. The summed E-state index contributed by atoms with van der Waals surface area (Å²) in [7, 11) is -3.19. The number of nitrogens with one attached hydrogen (secondary N) is 1. The highest BCUT2D eigenvalue weighted by atomic mass is 32.2. The van der Waals surface area contributed by atoms with Gasteiger partial charge in [0.15, 0.2) is 9.84 Å². The van der Waals surface area contributed by atoms with Crippen molar-refractivity contribution in [3.63, 3.8) is 0 Å². The maximum absolute atomic E-state index is 12.5. The van der Waals surface area contributed by atoms with Crippen molar-refractivity contribution in [1.82, 2.24) is 10.3 Å². The monoisotopic (exact) mass is 316 g/mol. The fraction of sp³-hybridized carbons (Fsp3) is 0.250. The number of pyridine rings is 1. The van der Waals surface area contributed by atoms with Crippen LogP contribution in [0.2, 0.25) is 0 Å². The van der Waals surface area contributed by atoms with Crippen molar-refractivity contribution >= 4 is 26.6 Å². The number of sulfone groups is 1. The number of aromatic nitrogens is 1. The largest absolute Gasteiger partial charge is 0.345 e. The maximum atomic E-state index is 12.5. The highest BCUT2D eigenvalue weighted by Crippen LogP contribution is 2.20. The second-order valence-corrected chi connectivity index (χ2v) is 7.50. The average molecular weight is 316 g/mol. The lowest BCUT2D eigenvalue weighted by molar-refractivity contribution is 0.0949. The molecule has 5 nitrogen and oxygen atoms in total. The fourth-order valence-corrected chi connectivity index (χ4v) is 3.81. The summed E-state index contributed by atoms with van der Waals surface area (Å²) in [5.74, 6) is -0.370. The molecule has 22 heavy (non-hydrogen) atoms. The summed E-state index contributed by atoms with van der Waals surface area (Å²) in [6.45, 7) is 3.80. The summed E-state index contributed by atoms with van der Waals surface area (Å²) in [5, 5.41) is 4.66. The van der Waals surface area contributed by atoms with Crippen LogP contribution in [0.3, 0.4) is 0 Å². The Kier molecular flexibility index (Phi) is 3.48. The van der Waals surface area contributed by atoms with Crippen LogP contribution in [0.5, 0.6) is 0 Å². The summed E-state index contributed by atoms with van der Waals surface area (Å²) in [6.07, 6.45) is 1.51. The van der Waals surface area contributed by atoms with E-state index in [1.165, 1.54) is 6.08 Å². The number of amides is 1. The zero-order chi connectivity index (χ0) is 15.9. The quantitative estimate of drug-likeness (QED) is 0.918. The number of hydrogen-bond donors (Lipinski definition) is 1. The molecule has 0 spiro atoms. The van der Waals surface area contributed by atoms with E-state index in [1.54, 1.807) is 6.07 Å². The molecule has 0 saturated heterocycles. The molecule has 0 unspecified atom stereocenters. The number of benzene rings is 1. The zero-order valence-electron chi connectivity index (χ0n) is 12.3. The van der Waals surface area contributed by atoms with Crippen LogP contribution >= 0.6 is 0 Å². The molecule has 0 aliphatic carbocycles. The smallest absolute Gasteiger partial charge is 0.252 e. The number of carbonyl (C=O) groups excluding carboxylic acids is 1. The van der Waals surface area contributed by atoms with Gasteiger partial charge in [0, 0.05) is 16.5 Å². The Hall–Kier alpha value is -2.21. The first-order chi connectivity index (χ1) is 10.3. The van der Waals surface area contributed by atoms with Crippen LogP contribution in [-0.2, 0) is 9.84 Å². The number of hydrogen-bond acceptors (Lipinski definition) is 4. The van der Waals surface area contributed by atoms with Gasteiger partial charge in [-0.1, -0.05) is 12.1 Å². The molecule has 1 aromatic carbocycles. The van der Waals surface area contributed by atoms with Crippen LogP contribution in [0.25, 0.3) is 10.9 Å². The Morgan fingerprint density at radius 3 is 2.73 bits per heavy atom. The topological polar surface area (TPSA) is 76.1 Å². The molecule has 1 aromatic heterocycles. The molecule has 0 radical (unpaired) electrons. The second-order valence-electron chi connectivity index (χ2n) is 5.57. The molecule has 6 heteroatoms. The van der Waals surface area contributed by atoms with Gasteiger partial charge < -0.3 is 5.32 Å². The van der Waals surface area contributed by atoms with Crippen LogP contribution < -0.4 is 5.32 Å². The predicted molar refractivity (Wildman–Crippen MR) is 85.4 cm³/mol. The van der Waals surface area contributed by atoms with Crippen molar-refractivity contribution in [3.8, 4) is 0 Å². The molecular formula is C16H16N2O3S. The number of carbonyl (C=O) groups is 1. The van der Waals surface area contributed by atoms with E-state index in [9.17, 15) is 13.2 Å². The molecule has 2 aromatic rings. The number of aryl methyl sites for hydroxylation is 2. The van der Waals surface area contributed by atoms with Gasteiger partial charge in [-0.15, -0.1) is 0 Å². The van der Waals surface area contributed by atoms with Crippen LogP contribution in [0.4, 0.5) is 0 Å². The predicted octanol–water partition coefficient (Wildman–Crippen LogP) is 1.89. The van der Waals surface area contributed by atoms with E-state index in [0.717, 1.165) is 27.6 Å². The van der Waals surface area contributed by atoms with E-state index in [0.29, 0.717) is 5.56 Å². The van der Waals surface area contributed by atoms with E-state index in [-0.39, 0.29) is 11.7 Å². The van der Waals surface area contributed by atoms with Crippen molar-refractivity contribution < 1.29 is 13.2 Å². The average Bonchev–Trinajstić information content (AvgIpc) is 2.76. The van der Waals surface area contributed by atoms with Crippen LogP contribution in [0.15, 0.2) is 35.7 Å². The zero-order valence-corrected chi connectivity index (χ0v) is 13.1. The minimum Gasteiger partial charge on any atom is -0.345 e. The lowest BCUT2D eigenvalue weighted by atomic mass is 10.0. The van der Waals surface area contributed by atoms with Crippen LogP contribution in [0, 0.1) is 13.8 Å². The summed E-state index contributed by atoms with van der Waals surface area (Å²) >= 11 is 0. The summed E-state index contributed by atoms with van der Waals surface area (Å²) in [5.41, 5.74) is 3.10. The Labute approximate surface area is 129 Å². The molecule has 1 atom stereocenters. The Morgan fingerprint density at radius 1 is 1.27 bits per heavy atom.